The number of methoxy groups -OCH3 is 1. The smallest absolute Gasteiger partial charge is 0.416 e. The van der Waals surface area contributed by atoms with Crippen LogP contribution >= 0.6 is 0 Å². The van der Waals surface area contributed by atoms with E-state index in [1.807, 2.05) is 6.07 Å². The van der Waals surface area contributed by atoms with Crippen LogP contribution in [0.2, 0.25) is 0 Å². The summed E-state index contributed by atoms with van der Waals surface area (Å²) in [5.74, 6) is 0.171. The highest BCUT2D eigenvalue weighted by atomic mass is 19.4. The number of carbonyl (C=O) groups is 1. The van der Waals surface area contributed by atoms with E-state index >= 15 is 0 Å². The third-order valence-corrected chi connectivity index (χ3v) is 4.87. The van der Waals surface area contributed by atoms with Crippen LogP contribution in [0.25, 0.3) is 0 Å². The minimum atomic E-state index is -4.45. The number of aryl methyl sites for hydroxylation is 1. The molecular weight excluding hydrogens is 359 g/mol. The van der Waals surface area contributed by atoms with Gasteiger partial charge in [0, 0.05) is 5.56 Å². The fraction of sp³-hybridized carbons (Fsp3) is 0.350. The summed E-state index contributed by atoms with van der Waals surface area (Å²) in [5.41, 5.74) is -0.221. The summed E-state index contributed by atoms with van der Waals surface area (Å²) in [6.45, 7) is -0.0216. The molecule has 0 fully saturated rings. The van der Waals surface area contributed by atoms with E-state index in [9.17, 15) is 23.1 Å². The Hall–Kier alpha value is -2.54. The summed E-state index contributed by atoms with van der Waals surface area (Å²) >= 11 is 0. The fourth-order valence-electron chi connectivity index (χ4n) is 3.39. The fourth-order valence-corrected chi connectivity index (χ4v) is 3.39. The molecule has 7 heteroatoms. The molecule has 0 aromatic heterocycles. The van der Waals surface area contributed by atoms with Gasteiger partial charge in [-0.05, 0) is 66.8 Å². The van der Waals surface area contributed by atoms with Crippen molar-refractivity contribution in [2.75, 3.05) is 13.7 Å². The summed E-state index contributed by atoms with van der Waals surface area (Å²) in [4.78, 5) is 12.3. The first-order valence-corrected chi connectivity index (χ1v) is 8.58. The number of halogens is 3. The topological polar surface area (TPSA) is 58.6 Å². The molecule has 3 rings (SSSR count). The monoisotopic (exact) mass is 379 g/mol. The lowest BCUT2D eigenvalue weighted by atomic mass is 9.79. The molecule has 1 unspecified atom stereocenters. The quantitative estimate of drug-likeness (QED) is 0.852. The molecule has 0 spiro atoms. The number of rotatable bonds is 4. The van der Waals surface area contributed by atoms with Gasteiger partial charge < -0.3 is 15.2 Å². The zero-order chi connectivity index (χ0) is 19.7. The number of hydrogen-bond acceptors (Lipinski definition) is 3. The van der Waals surface area contributed by atoms with Crippen molar-refractivity contribution in [1.82, 2.24) is 5.32 Å². The Morgan fingerprint density at radius 2 is 1.93 bits per heavy atom. The van der Waals surface area contributed by atoms with Gasteiger partial charge in [-0.15, -0.1) is 0 Å². The van der Waals surface area contributed by atoms with Crippen molar-refractivity contribution in [2.24, 2.45) is 0 Å². The van der Waals surface area contributed by atoms with E-state index < -0.39 is 23.2 Å². The van der Waals surface area contributed by atoms with Crippen LogP contribution in [0.4, 0.5) is 13.2 Å². The molecule has 1 amide bonds. The standard InChI is InChI=1S/C20H20F3NO3/c1-27-16-8-9-17-14(11-16)3-2-10-19(17,26)12-24-18(25)13-4-6-15(7-5-13)20(21,22)23/h4-9,11,26H,2-3,10,12H2,1H3,(H,24,25). The van der Waals surface area contributed by atoms with Gasteiger partial charge in [0.15, 0.2) is 0 Å². The minimum Gasteiger partial charge on any atom is -0.497 e. The summed E-state index contributed by atoms with van der Waals surface area (Å²) in [6.07, 6.45) is -2.40. The van der Waals surface area contributed by atoms with Gasteiger partial charge in [-0.3, -0.25) is 4.79 Å². The highest BCUT2D eigenvalue weighted by Gasteiger charge is 2.35. The zero-order valence-electron chi connectivity index (χ0n) is 14.8. The number of amides is 1. The SMILES string of the molecule is COc1ccc2c(c1)CCCC2(O)CNC(=O)c1ccc(C(F)(F)F)cc1. The molecule has 0 aliphatic heterocycles. The van der Waals surface area contributed by atoms with Gasteiger partial charge in [0.2, 0.25) is 0 Å². The molecule has 1 atom stereocenters. The van der Waals surface area contributed by atoms with Crippen LogP contribution in [0.1, 0.15) is 39.9 Å². The van der Waals surface area contributed by atoms with Crippen molar-refractivity contribution in [3.05, 3.63) is 64.7 Å². The van der Waals surface area contributed by atoms with Gasteiger partial charge in [-0.1, -0.05) is 6.07 Å². The van der Waals surface area contributed by atoms with Crippen LogP contribution in [0.3, 0.4) is 0 Å². The van der Waals surface area contributed by atoms with Gasteiger partial charge in [0.05, 0.1) is 19.2 Å². The van der Waals surface area contributed by atoms with Crippen molar-refractivity contribution in [3.63, 3.8) is 0 Å². The number of benzene rings is 2. The predicted octanol–water partition coefficient (Wildman–Crippen LogP) is 3.67. The Morgan fingerprint density at radius 1 is 1.22 bits per heavy atom. The molecular formula is C20H20F3NO3. The Morgan fingerprint density at radius 3 is 2.56 bits per heavy atom. The highest BCUT2D eigenvalue weighted by molar-refractivity contribution is 5.94. The number of carbonyl (C=O) groups excluding carboxylic acids is 1. The van der Waals surface area contributed by atoms with E-state index in [1.54, 1.807) is 19.2 Å². The highest BCUT2D eigenvalue weighted by Crippen LogP contribution is 2.36. The summed E-state index contributed by atoms with van der Waals surface area (Å²) in [6, 6.07) is 9.41. The first-order valence-electron chi connectivity index (χ1n) is 8.58. The maximum absolute atomic E-state index is 12.6. The number of alkyl halides is 3. The molecule has 4 nitrogen and oxygen atoms in total. The van der Waals surface area contributed by atoms with E-state index in [0.717, 1.165) is 48.2 Å². The number of ether oxygens (including phenoxy) is 1. The third-order valence-electron chi connectivity index (χ3n) is 4.87. The van der Waals surface area contributed by atoms with Crippen LogP contribution in [0.5, 0.6) is 5.75 Å². The first-order chi connectivity index (χ1) is 12.7. The van der Waals surface area contributed by atoms with Crippen LogP contribution in [-0.2, 0) is 18.2 Å². The second-order valence-corrected chi connectivity index (χ2v) is 6.67. The van der Waals surface area contributed by atoms with Gasteiger partial charge in [-0.2, -0.15) is 13.2 Å². The lowest BCUT2D eigenvalue weighted by Crippen LogP contribution is -2.43. The Bertz CT molecular complexity index is 833. The Balaban J connectivity index is 1.72. The maximum Gasteiger partial charge on any atom is 0.416 e. The predicted molar refractivity (Wildman–Crippen MR) is 93.6 cm³/mol. The van der Waals surface area contributed by atoms with Crippen LogP contribution < -0.4 is 10.1 Å². The molecule has 2 N–H and O–H groups in total. The Kier molecular flexibility index (Phi) is 5.15. The molecule has 1 aliphatic rings. The summed E-state index contributed by atoms with van der Waals surface area (Å²) in [7, 11) is 1.57. The van der Waals surface area contributed by atoms with E-state index in [4.69, 9.17) is 4.74 Å². The largest absolute Gasteiger partial charge is 0.497 e. The van der Waals surface area contributed by atoms with Gasteiger partial charge in [0.1, 0.15) is 11.4 Å². The third kappa shape index (κ3) is 4.08. The minimum absolute atomic E-state index is 0.0216. The lowest BCUT2D eigenvalue weighted by molar-refractivity contribution is -0.137. The number of hydrogen-bond donors (Lipinski definition) is 2. The van der Waals surface area contributed by atoms with E-state index in [1.165, 1.54) is 0 Å². The molecule has 0 radical (unpaired) electrons. The van der Waals surface area contributed by atoms with Crippen LogP contribution in [0.15, 0.2) is 42.5 Å². The average molecular weight is 379 g/mol. The van der Waals surface area contributed by atoms with Gasteiger partial charge >= 0.3 is 6.18 Å². The molecule has 0 saturated heterocycles. The van der Waals surface area contributed by atoms with Crippen molar-refractivity contribution in [3.8, 4) is 5.75 Å². The second kappa shape index (κ2) is 7.23. The van der Waals surface area contributed by atoms with Crippen LogP contribution in [0, 0.1) is 0 Å². The maximum atomic E-state index is 12.6. The number of nitrogens with one attached hydrogen (secondary N) is 1. The normalized spacial score (nSPS) is 19.3. The van der Waals surface area contributed by atoms with Crippen molar-refractivity contribution in [2.45, 2.75) is 31.0 Å². The molecule has 2 aromatic carbocycles. The molecule has 2 aromatic rings. The van der Waals surface area contributed by atoms with Crippen molar-refractivity contribution >= 4 is 5.91 Å². The molecule has 0 bridgehead atoms. The average Bonchev–Trinajstić information content (AvgIpc) is 2.65. The van der Waals surface area contributed by atoms with Crippen LogP contribution in [-0.4, -0.2) is 24.7 Å². The van der Waals surface area contributed by atoms with Gasteiger partial charge in [-0.25, -0.2) is 0 Å². The summed E-state index contributed by atoms with van der Waals surface area (Å²) in [5, 5.41) is 13.7. The van der Waals surface area contributed by atoms with E-state index in [2.05, 4.69) is 5.32 Å². The van der Waals surface area contributed by atoms with Gasteiger partial charge in [0.25, 0.3) is 5.91 Å². The number of aliphatic hydroxyl groups is 1. The Labute approximate surface area is 155 Å². The molecule has 0 saturated carbocycles. The van der Waals surface area contributed by atoms with E-state index in [-0.39, 0.29) is 12.1 Å². The second-order valence-electron chi connectivity index (χ2n) is 6.67. The number of fused-ring (bicyclic) bond motifs is 1. The lowest BCUT2D eigenvalue weighted by Gasteiger charge is -2.35. The molecule has 0 heterocycles. The van der Waals surface area contributed by atoms with Crippen molar-refractivity contribution < 1.29 is 27.8 Å². The summed E-state index contributed by atoms with van der Waals surface area (Å²) < 4.78 is 43.0. The van der Waals surface area contributed by atoms with Crippen molar-refractivity contribution in [1.29, 1.82) is 0 Å². The first kappa shape index (κ1) is 19.2. The molecule has 1 aliphatic carbocycles. The van der Waals surface area contributed by atoms with E-state index in [0.29, 0.717) is 12.2 Å². The zero-order valence-corrected chi connectivity index (χ0v) is 14.8. The molecule has 27 heavy (non-hydrogen) atoms. The molecule has 144 valence electrons.